The van der Waals surface area contributed by atoms with Crippen molar-refractivity contribution in [2.24, 2.45) is 4.99 Å². The van der Waals surface area contributed by atoms with Crippen LogP contribution in [0.1, 0.15) is 11.1 Å². The van der Waals surface area contributed by atoms with Crippen LogP contribution in [0.3, 0.4) is 0 Å². The van der Waals surface area contributed by atoms with E-state index >= 15 is 0 Å². The predicted octanol–water partition coefficient (Wildman–Crippen LogP) is 3.88. The van der Waals surface area contributed by atoms with Gasteiger partial charge in [0.1, 0.15) is 11.0 Å². The minimum absolute atomic E-state index is 0. The number of nitrogens with one attached hydrogen (secondary N) is 3. The molecule has 0 aliphatic heterocycles. The summed E-state index contributed by atoms with van der Waals surface area (Å²) >= 11 is 5.78. The molecule has 26 heavy (non-hydrogen) atoms. The Morgan fingerprint density at radius 2 is 2.12 bits per heavy atom. The van der Waals surface area contributed by atoms with E-state index in [2.05, 4.69) is 25.6 Å². The lowest BCUT2D eigenvalue weighted by atomic mass is 10.1. The number of pyridine rings is 1. The largest absolute Gasteiger partial charge is 0.361 e. The number of benzene rings is 1. The van der Waals surface area contributed by atoms with Gasteiger partial charge in [-0.3, -0.25) is 4.99 Å². The molecule has 0 aliphatic carbocycles. The van der Waals surface area contributed by atoms with Crippen LogP contribution in [-0.2, 0) is 13.0 Å². The van der Waals surface area contributed by atoms with Crippen molar-refractivity contribution in [3.05, 3.63) is 64.8 Å². The van der Waals surface area contributed by atoms with Crippen molar-refractivity contribution in [1.82, 2.24) is 20.6 Å². The Morgan fingerprint density at radius 1 is 1.27 bits per heavy atom. The van der Waals surface area contributed by atoms with Crippen molar-refractivity contribution in [3.8, 4) is 0 Å². The fourth-order valence-corrected chi connectivity index (χ4v) is 2.70. The Hall–Kier alpha value is -1.87. The van der Waals surface area contributed by atoms with Gasteiger partial charge in [0.25, 0.3) is 0 Å². The molecule has 3 N–H and O–H groups in total. The van der Waals surface area contributed by atoms with Crippen LogP contribution in [-0.4, -0.2) is 29.5 Å². The van der Waals surface area contributed by atoms with E-state index in [9.17, 15) is 4.39 Å². The highest BCUT2D eigenvalue weighted by Gasteiger charge is 2.05. The topological polar surface area (TPSA) is 65.1 Å². The molecule has 2 aromatic heterocycles. The molecule has 0 aliphatic rings. The van der Waals surface area contributed by atoms with Gasteiger partial charge in [-0.05, 0) is 41.8 Å². The maximum absolute atomic E-state index is 13.4. The molecule has 8 heteroatoms. The van der Waals surface area contributed by atoms with E-state index in [0.29, 0.717) is 24.2 Å². The fourth-order valence-electron chi connectivity index (χ4n) is 2.59. The summed E-state index contributed by atoms with van der Waals surface area (Å²) in [5, 5.41) is 7.86. The number of aliphatic imine (C=N–C) groups is 1. The maximum atomic E-state index is 13.4. The van der Waals surface area contributed by atoms with Gasteiger partial charge in [0.2, 0.25) is 0 Å². The van der Waals surface area contributed by atoms with Gasteiger partial charge >= 0.3 is 0 Å². The highest BCUT2D eigenvalue weighted by Crippen LogP contribution is 2.19. The number of nitrogens with zero attached hydrogens (tertiary/aromatic N) is 2. The molecule has 5 nitrogen and oxygen atoms in total. The quantitative estimate of drug-likeness (QED) is 0.221. The van der Waals surface area contributed by atoms with Crippen LogP contribution in [0.15, 0.2) is 47.7 Å². The van der Waals surface area contributed by atoms with Crippen LogP contribution in [0.5, 0.6) is 0 Å². The molecule has 1 aromatic carbocycles. The van der Waals surface area contributed by atoms with Gasteiger partial charge in [0.15, 0.2) is 5.96 Å². The lowest BCUT2D eigenvalue weighted by molar-refractivity contribution is 0.629. The zero-order valence-electron chi connectivity index (χ0n) is 14.2. The second kappa shape index (κ2) is 9.72. The lowest BCUT2D eigenvalue weighted by Gasteiger charge is -2.11. The Labute approximate surface area is 173 Å². The van der Waals surface area contributed by atoms with E-state index in [1.165, 1.54) is 6.07 Å². The molecule has 0 spiro atoms. The first-order chi connectivity index (χ1) is 12.2. The van der Waals surface area contributed by atoms with Crippen molar-refractivity contribution in [2.75, 3.05) is 13.6 Å². The lowest BCUT2D eigenvalue weighted by Crippen LogP contribution is -2.37. The number of hydrogen-bond donors (Lipinski definition) is 3. The summed E-state index contributed by atoms with van der Waals surface area (Å²) in [6, 6.07) is 8.43. The Bertz CT molecular complexity index is 879. The molecule has 0 saturated carbocycles. The summed E-state index contributed by atoms with van der Waals surface area (Å²) < 4.78 is 13.4. The third-order valence-corrected chi connectivity index (χ3v) is 4.11. The molecule has 3 rings (SSSR count). The van der Waals surface area contributed by atoms with E-state index in [1.54, 1.807) is 31.4 Å². The van der Waals surface area contributed by atoms with E-state index in [1.807, 2.05) is 12.3 Å². The van der Waals surface area contributed by atoms with E-state index < -0.39 is 0 Å². The second-order valence-electron chi connectivity index (χ2n) is 5.60. The molecule has 0 unspecified atom stereocenters. The molecule has 0 saturated heterocycles. The maximum Gasteiger partial charge on any atom is 0.191 e. The average molecular weight is 488 g/mol. The first kappa shape index (κ1) is 20.4. The van der Waals surface area contributed by atoms with Crippen molar-refractivity contribution in [1.29, 1.82) is 0 Å². The number of aromatic nitrogens is 2. The number of rotatable bonds is 5. The van der Waals surface area contributed by atoms with Gasteiger partial charge in [-0.1, -0.05) is 17.7 Å². The zero-order valence-corrected chi connectivity index (χ0v) is 17.3. The van der Waals surface area contributed by atoms with Gasteiger partial charge in [-0.2, -0.15) is 0 Å². The molecule has 0 fully saturated rings. The van der Waals surface area contributed by atoms with Gasteiger partial charge in [-0.15, -0.1) is 24.0 Å². The van der Waals surface area contributed by atoms with Crippen molar-refractivity contribution in [2.45, 2.75) is 13.0 Å². The molecule has 0 atom stereocenters. The molecule has 3 aromatic rings. The van der Waals surface area contributed by atoms with Crippen molar-refractivity contribution >= 4 is 52.4 Å². The van der Waals surface area contributed by atoms with E-state index in [0.717, 1.165) is 28.5 Å². The molecule has 0 radical (unpaired) electrons. The predicted molar refractivity (Wildman–Crippen MR) is 115 cm³/mol. The molecular formula is C18H20ClFIN5. The number of H-pyrrole nitrogens is 1. The normalized spacial score (nSPS) is 11.3. The number of aromatic amines is 1. The zero-order chi connectivity index (χ0) is 17.6. The Morgan fingerprint density at radius 3 is 2.85 bits per heavy atom. The second-order valence-corrected chi connectivity index (χ2v) is 5.98. The van der Waals surface area contributed by atoms with Crippen LogP contribution >= 0.6 is 35.6 Å². The standard InChI is InChI=1S/C18H19ClFN5.HI/c1-21-18(25-10-12-2-5-17(19)24-9-12)22-7-6-13-11-23-16-4-3-14(20)8-15(13)16;/h2-5,8-9,11,23H,6-7,10H2,1H3,(H2,21,22,25);1H. The minimum Gasteiger partial charge on any atom is -0.361 e. The van der Waals surface area contributed by atoms with Crippen LogP contribution in [0.4, 0.5) is 4.39 Å². The summed E-state index contributed by atoms with van der Waals surface area (Å²) in [6.45, 7) is 1.28. The summed E-state index contributed by atoms with van der Waals surface area (Å²) in [4.78, 5) is 11.4. The SMILES string of the molecule is CN=C(NCCc1c[nH]c2ccc(F)cc12)NCc1ccc(Cl)nc1.I. The number of hydrogen-bond acceptors (Lipinski definition) is 2. The fraction of sp³-hybridized carbons (Fsp3) is 0.222. The molecular weight excluding hydrogens is 468 g/mol. The van der Waals surface area contributed by atoms with E-state index in [-0.39, 0.29) is 29.8 Å². The smallest absolute Gasteiger partial charge is 0.191 e. The number of guanidine groups is 1. The summed E-state index contributed by atoms with van der Waals surface area (Å²) in [5.41, 5.74) is 3.02. The van der Waals surface area contributed by atoms with Crippen LogP contribution < -0.4 is 10.6 Å². The van der Waals surface area contributed by atoms with Gasteiger partial charge in [0, 0.05) is 43.4 Å². The number of halogens is 3. The Balaban J connectivity index is 0.00000243. The van der Waals surface area contributed by atoms with Gasteiger partial charge in [-0.25, -0.2) is 9.37 Å². The monoisotopic (exact) mass is 487 g/mol. The van der Waals surface area contributed by atoms with Crippen LogP contribution in [0, 0.1) is 5.82 Å². The third-order valence-electron chi connectivity index (χ3n) is 3.89. The molecule has 138 valence electrons. The van der Waals surface area contributed by atoms with Crippen molar-refractivity contribution < 1.29 is 4.39 Å². The average Bonchev–Trinajstić information content (AvgIpc) is 3.01. The highest BCUT2D eigenvalue weighted by molar-refractivity contribution is 14.0. The third kappa shape index (κ3) is 5.31. The highest BCUT2D eigenvalue weighted by atomic mass is 127. The Kier molecular flexibility index (Phi) is 7.65. The first-order valence-electron chi connectivity index (χ1n) is 7.96. The van der Waals surface area contributed by atoms with Gasteiger partial charge < -0.3 is 15.6 Å². The van der Waals surface area contributed by atoms with E-state index in [4.69, 9.17) is 11.6 Å². The van der Waals surface area contributed by atoms with Crippen LogP contribution in [0.2, 0.25) is 5.15 Å². The first-order valence-corrected chi connectivity index (χ1v) is 8.34. The van der Waals surface area contributed by atoms with Crippen LogP contribution in [0.25, 0.3) is 10.9 Å². The summed E-state index contributed by atoms with van der Waals surface area (Å²) in [5.74, 6) is 0.469. The molecule has 2 heterocycles. The van der Waals surface area contributed by atoms with Crippen molar-refractivity contribution in [3.63, 3.8) is 0 Å². The summed E-state index contributed by atoms with van der Waals surface area (Å²) in [6.07, 6.45) is 4.40. The summed E-state index contributed by atoms with van der Waals surface area (Å²) in [7, 11) is 1.72. The number of fused-ring (bicyclic) bond motifs is 1. The molecule has 0 bridgehead atoms. The van der Waals surface area contributed by atoms with Gasteiger partial charge in [0.05, 0.1) is 0 Å². The molecule has 0 amide bonds. The minimum atomic E-state index is -0.227.